The molecule has 0 aliphatic rings. The summed E-state index contributed by atoms with van der Waals surface area (Å²) in [4.78, 5) is 25.0. The molecular weight excluding hydrogens is 420 g/mol. The van der Waals surface area contributed by atoms with Crippen molar-refractivity contribution in [1.29, 1.82) is 0 Å². The summed E-state index contributed by atoms with van der Waals surface area (Å²) in [5.41, 5.74) is 14.6. The molecule has 8 nitrogen and oxygen atoms in total. The minimum absolute atomic E-state index is 0.145. The van der Waals surface area contributed by atoms with Crippen molar-refractivity contribution < 1.29 is 19.1 Å². The van der Waals surface area contributed by atoms with Gasteiger partial charge in [-0.05, 0) is 58.7 Å². The molecule has 0 radical (unpaired) electrons. The number of rotatable bonds is 4. The topological polar surface area (TPSA) is 122 Å². The Morgan fingerprint density at radius 3 is 2.12 bits per heavy atom. The number of benzene rings is 2. The molecule has 0 spiro atoms. The lowest BCUT2D eigenvalue weighted by Crippen LogP contribution is -2.31. The molecule has 0 saturated carbocycles. The molecule has 0 amide bonds. The summed E-state index contributed by atoms with van der Waals surface area (Å²) >= 11 is 0. The average Bonchev–Trinajstić information content (AvgIpc) is 3.12. The third-order valence-electron chi connectivity index (χ3n) is 4.91. The van der Waals surface area contributed by atoms with E-state index in [-0.39, 0.29) is 12.5 Å². The molecule has 1 atom stereocenters. The van der Waals surface area contributed by atoms with Gasteiger partial charge in [-0.3, -0.25) is 4.79 Å². The number of nitrogens with two attached hydrogens (primary N) is 2. The van der Waals surface area contributed by atoms with Crippen molar-refractivity contribution in [1.82, 2.24) is 9.78 Å². The van der Waals surface area contributed by atoms with Crippen LogP contribution in [0.1, 0.15) is 53.0 Å². The maximum atomic E-state index is 12.5. The van der Waals surface area contributed by atoms with E-state index in [1.165, 1.54) is 4.68 Å². The van der Waals surface area contributed by atoms with Crippen LogP contribution in [0.5, 0.6) is 0 Å². The number of hydrogen-bond donors (Lipinski definition) is 2. The maximum Gasteiger partial charge on any atom is 0.435 e. The lowest BCUT2D eigenvalue weighted by Gasteiger charge is -2.23. The van der Waals surface area contributed by atoms with Crippen LogP contribution >= 0.6 is 0 Å². The van der Waals surface area contributed by atoms with Crippen molar-refractivity contribution in [3.05, 3.63) is 48.2 Å². The second-order valence-corrected chi connectivity index (χ2v) is 9.94. The molecular formula is C25H32N4O4. The van der Waals surface area contributed by atoms with Gasteiger partial charge in [0.2, 0.25) is 0 Å². The number of hydrogen-bond acceptors (Lipinski definition) is 7. The van der Waals surface area contributed by atoms with E-state index < -0.39 is 23.2 Å². The SMILES string of the molecule is CC(C)(C)OC(=O)C(CN)c1ccc(-c2ccc3c(cnn3C(=O)OC(C)(C)C)c2N)cc1. The number of aromatic nitrogens is 2. The third-order valence-corrected chi connectivity index (χ3v) is 4.91. The van der Waals surface area contributed by atoms with Gasteiger partial charge < -0.3 is 20.9 Å². The summed E-state index contributed by atoms with van der Waals surface area (Å²) in [7, 11) is 0. The number of carbonyl (C=O) groups is 2. The summed E-state index contributed by atoms with van der Waals surface area (Å²) in [5, 5.41) is 4.82. The monoisotopic (exact) mass is 452 g/mol. The zero-order valence-electron chi connectivity index (χ0n) is 20.0. The molecule has 0 bridgehead atoms. The van der Waals surface area contributed by atoms with Crippen LogP contribution in [0.3, 0.4) is 0 Å². The van der Waals surface area contributed by atoms with E-state index in [1.807, 2.05) is 51.1 Å². The number of nitrogens with zero attached hydrogens (tertiary/aromatic N) is 2. The second kappa shape index (κ2) is 8.86. The predicted octanol–water partition coefficient (Wildman–Crippen LogP) is 4.45. The van der Waals surface area contributed by atoms with Gasteiger partial charge in [-0.1, -0.05) is 30.3 Å². The summed E-state index contributed by atoms with van der Waals surface area (Å²) in [6.07, 6.45) is 0.989. The number of ether oxygens (including phenoxy) is 2. The minimum Gasteiger partial charge on any atom is -0.459 e. The fourth-order valence-corrected chi connectivity index (χ4v) is 3.46. The summed E-state index contributed by atoms with van der Waals surface area (Å²) in [6.45, 7) is 11.0. The van der Waals surface area contributed by atoms with Gasteiger partial charge >= 0.3 is 12.1 Å². The van der Waals surface area contributed by atoms with Crippen molar-refractivity contribution in [3.8, 4) is 11.1 Å². The lowest BCUT2D eigenvalue weighted by molar-refractivity contribution is -0.156. The normalized spacial score (nSPS) is 13.1. The molecule has 1 aromatic heterocycles. The Morgan fingerprint density at radius 1 is 0.970 bits per heavy atom. The number of esters is 1. The van der Waals surface area contributed by atoms with Crippen LogP contribution < -0.4 is 11.5 Å². The van der Waals surface area contributed by atoms with Crippen molar-refractivity contribution in [2.75, 3.05) is 12.3 Å². The van der Waals surface area contributed by atoms with Gasteiger partial charge in [0, 0.05) is 17.5 Å². The lowest BCUT2D eigenvalue weighted by atomic mass is 9.95. The molecule has 1 unspecified atom stereocenters. The van der Waals surface area contributed by atoms with Crippen LogP contribution in [0.15, 0.2) is 42.6 Å². The minimum atomic E-state index is -0.636. The Bertz CT molecular complexity index is 1170. The Morgan fingerprint density at radius 2 is 1.58 bits per heavy atom. The van der Waals surface area contributed by atoms with Crippen molar-refractivity contribution >= 4 is 28.7 Å². The van der Waals surface area contributed by atoms with Crippen LogP contribution in [0.25, 0.3) is 22.0 Å². The largest absolute Gasteiger partial charge is 0.459 e. The van der Waals surface area contributed by atoms with Crippen molar-refractivity contribution in [3.63, 3.8) is 0 Å². The highest BCUT2D eigenvalue weighted by Gasteiger charge is 2.26. The fraction of sp³-hybridized carbons (Fsp3) is 0.400. The van der Waals surface area contributed by atoms with Gasteiger partial charge in [-0.25, -0.2) is 4.79 Å². The molecule has 33 heavy (non-hydrogen) atoms. The highest BCUT2D eigenvalue weighted by Crippen LogP contribution is 2.33. The van der Waals surface area contributed by atoms with Gasteiger partial charge in [0.25, 0.3) is 0 Å². The highest BCUT2D eigenvalue weighted by molar-refractivity contribution is 6.01. The number of fused-ring (bicyclic) bond motifs is 1. The van der Waals surface area contributed by atoms with E-state index >= 15 is 0 Å². The van der Waals surface area contributed by atoms with Gasteiger partial charge in [-0.2, -0.15) is 9.78 Å². The van der Waals surface area contributed by atoms with Gasteiger partial charge in [0.15, 0.2) is 0 Å². The second-order valence-electron chi connectivity index (χ2n) is 9.94. The molecule has 3 rings (SSSR count). The maximum absolute atomic E-state index is 12.5. The summed E-state index contributed by atoms with van der Waals surface area (Å²) in [6, 6.07) is 11.1. The summed E-state index contributed by atoms with van der Waals surface area (Å²) < 4.78 is 12.1. The Labute approximate surface area is 193 Å². The average molecular weight is 453 g/mol. The molecule has 1 heterocycles. The molecule has 3 aromatic rings. The first-order valence-electron chi connectivity index (χ1n) is 10.8. The highest BCUT2D eigenvalue weighted by atomic mass is 16.6. The van der Waals surface area contributed by atoms with Crippen LogP contribution in [0.2, 0.25) is 0 Å². The number of nitrogen functional groups attached to an aromatic ring is 1. The van der Waals surface area contributed by atoms with E-state index in [2.05, 4.69) is 5.10 Å². The Balaban J connectivity index is 1.90. The first-order chi connectivity index (χ1) is 15.3. The zero-order chi connectivity index (χ0) is 24.6. The first-order valence-corrected chi connectivity index (χ1v) is 10.8. The summed E-state index contributed by atoms with van der Waals surface area (Å²) in [5.74, 6) is -0.904. The van der Waals surface area contributed by atoms with E-state index in [1.54, 1.807) is 33.0 Å². The third kappa shape index (κ3) is 5.51. The standard InChI is InChI=1S/C25H32N4O4/c1-24(2,3)32-22(30)18(13-26)16-9-7-15(8-10-16)17-11-12-20-19(21(17)27)14-28-29(20)23(31)33-25(4,5)6/h7-12,14,18H,13,26-27H2,1-6H3. The molecule has 0 aliphatic carbocycles. The van der Waals surface area contributed by atoms with E-state index in [0.717, 1.165) is 16.7 Å². The van der Waals surface area contributed by atoms with Gasteiger partial charge in [0.05, 0.1) is 23.3 Å². The van der Waals surface area contributed by atoms with Crippen LogP contribution in [0, 0.1) is 0 Å². The molecule has 8 heteroatoms. The predicted molar refractivity (Wildman–Crippen MR) is 129 cm³/mol. The molecule has 0 saturated heterocycles. The Hall–Kier alpha value is -3.39. The molecule has 0 aliphatic heterocycles. The van der Waals surface area contributed by atoms with Gasteiger partial charge in [-0.15, -0.1) is 0 Å². The molecule has 0 fully saturated rings. The molecule has 2 aromatic carbocycles. The number of carbonyl (C=O) groups excluding carboxylic acids is 2. The number of anilines is 1. The molecule has 176 valence electrons. The van der Waals surface area contributed by atoms with E-state index in [9.17, 15) is 9.59 Å². The smallest absolute Gasteiger partial charge is 0.435 e. The van der Waals surface area contributed by atoms with Crippen LogP contribution in [-0.2, 0) is 14.3 Å². The zero-order valence-corrected chi connectivity index (χ0v) is 20.0. The fourth-order valence-electron chi connectivity index (χ4n) is 3.46. The van der Waals surface area contributed by atoms with Crippen LogP contribution in [0.4, 0.5) is 10.5 Å². The van der Waals surface area contributed by atoms with Crippen LogP contribution in [-0.4, -0.2) is 39.6 Å². The Kier molecular flexibility index (Phi) is 6.51. The molecule has 4 N–H and O–H groups in total. The van der Waals surface area contributed by atoms with E-state index in [4.69, 9.17) is 20.9 Å². The van der Waals surface area contributed by atoms with Crippen molar-refractivity contribution in [2.45, 2.75) is 58.7 Å². The quantitative estimate of drug-likeness (QED) is 0.443. The first kappa shape index (κ1) is 24.3. The van der Waals surface area contributed by atoms with Gasteiger partial charge in [0.1, 0.15) is 11.2 Å². The van der Waals surface area contributed by atoms with Crippen molar-refractivity contribution in [2.24, 2.45) is 5.73 Å². The van der Waals surface area contributed by atoms with E-state index in [0.29, 0.717) is 16.6 Å².